The minimum absolute atomic E-state index is 1.07. The van der Waals surface area contributed by atoms with Gasteiger partial charge in [-0.1, -0.05) is 0 Å². The minimum Gasteiger partial charge on any atom is -0.375 e. The van der Waals surface area contributed by atoms with E-state index < -0.39 is 0 Å². The molecule has 0 aliphatic heterocycles. The van der Waals surface area contributed by atoms with Crippen LogP contribution >= 0.6 is 12.6 Å². The van der Waals surface area contributed by atoms with Crippen LogP contribution in [-0.2, 0) is 0 Å². The summed E-state index contributed by atoms with van der Waals surface area (Å²) >= 11 is 4.06. The van der Waals surface area contributed by atoms with Crippen molar-refractivity contribution in [2.45, 2.75) is 20.8 Å². The highest BCUT2D eigenvalue weighted by Gasteiger charge is 1.95. The molecule has 54 valence electrons. The van der Waals surface area contributed by atoms with Crippen molar-refractivity contribution in [2.24, 2.45) is 0 Å². The van der Waals surface area contributed by atoms with Crippen molar-refractivity contribution < 1.29 is 0 Å². The van der Waals surface area contributed by atoms with Gasteiger partial charge in [-0.15, -0.1) is 12.6 Å². The van der Waals surface area contributed by atoms with E-state index >= 15 is 0 Å². The van der Waals surface area contributed by atoms with E-state index in [1.807, 2.05) is 5.41 Å². The summed E-state index contributed by atoms with van der Waals surface area (Å²) in [5.74, 6) is 0. The van der Waals surface area contributed by atoms with Crippen molar-refractivity contribution >= 4 is 12.6 Å². The van der Waals surface area contributed by atoms with Crippen LogP contribution in [0.2, 0.25) is 0 Å². The highest BCUT2D eigenvalue weighted by atomic mass is 32.1. The molecular weight excluding hydrogens is 130 g/mol. The predicted molar refractivity (Wildman–Crippen MR) is 45.7 cm³/mol. The molecule has 0 aromatic rings. The lowest BCUT2D eigenvalue weighted by atomic mass is 10.4. The van der Waals surface area contributed by atoms with Crippen LogP contribution in [0.5, 0.6) is 0 Å². The summed E-state index contributed by atoms with van der Waals surface area (Å²) < 4.78 is 0. The molecule has 1 nitrogen and oxygen atoms in total. The molecule has 0 spiro atoms. The van der Waals surface area contributed by atoms with Crippen LogP contribution in [0, 0.1) is 0 Å². The first-order chi connectivity index (χ1) is 4.26. The average molecular weight is 145 g/mol. The van der Waals surface area contributed by atoms with Gasteiger partial charge in [-0.2, -0.15) is 0 Å². The molecule has 0 atom stereocenters. The van der Waals surface area contributed by atoms with Crippen LogP contribution in [0.25, 0.3) is 0 Å². The lowest BCUT2D eigenvalue weighted by Crippen LogP contribution is -2.19. The topological polar surface area (TPSA) is 3.24 Å². The molecular formula is C7H15NS. The SMILES string of the molecule is CCN(CC)/C(C)=C\S. The van der Waals surface area contributed by atoms with Gasteiger partial charge in [0.15, 0.2) is 0 Å². The molecule has 0 aliphatic rings. The molecule has 2 heteroatoms. The molecule has 0 heterocycles. The molecule has 9 heavy (non-hydrogen) atoms. The van der Waals surface area contributed by atoms with E-state index in [2.05, 4.69) is 38.3 Å². The maximum Gasteiger partial charge on any atom is 0.0162 e. The molecule has 0 aromatic carbocycles. The van der Waals surface area contributed by atoms with E-state index in [9.17, 15) is 0 Å². The van der Waals surface area contributed by atoms with E-state index in [0.29, 0.717) is 0 Å². The highest BCUT2D eigenvalue weighted by molar-refractivity contribution is 7.83. The van der Waals surface area contributed by atoms with Crippen molar-refractivity contribution in [1.29, 1.82) is 0 Å². The Hall–Kier alpha value is -0.110. The Morgan fingerprint density at radius 3 is 2.00 bits per heavy atom. The normalized spacial score (nSPS) is 11.8. The Morgan fingerprint density at radius 1 is 1.44 bits per heavy atom. The van der Waals surface area contributed by atoms with Crippen LogP contribution in [0.15, 0.2) is 11.1 Å². The fourth-order valence-corrected chi connectivity index (χ4v) is 0.967. The number of allylic oxidation sites excluding steroid dienone is 1. The van der Waals surface area contributed by atoms with E-state index in [0.717, 1.165) is 13.1 Å². The Kier molecular flexibility index (Phi) is 4.68. The van der Waals surface area contributed by atoms with E-state index in [1.54, 1.807) is 0 Å². The van der Waals surface area contributed by atoms with Gasteiger partial charge in [-0.25, -0.2) is 0 Å². The Morgan fingerprint density at radius 2 is 1.89 bits per heavy atom. The van der Waals surface area contributed by atoms with Crippen molar-refractivity contribution in [1.82, 2.24) is 4.90 Å². The van der Waals surface area contributed by atoms with E-state index in [4.69, 9.17) is 0 Å². The van der Waals surface area contributed by atoms with Crippen LogP contribution < -0.4 is 0 Å². The first-order valence-electron chi connectivity index (χ1n) is 3.32. The third-order valence-corrected chi connectivity index (χ3v) is 1.82. The summed E-state index contributed by atoms with van der Waals surface area (Å²) in [5.41, 5.74) is 1.24. The summed E-state index contributed by atoms with van der Waals surface area (Å²) in [7, 11) is 0. The second-order valence-corrected chi connectivity index (χ2v) is 2.20. The van der Waals surface area contributed by atoms with Gasteiger partial charge in [-0.05, 0) is 26.2 Å². The molecule has 0 radical (unpaired) electrons. The van der Waals surface area contributed by atoms with Crippen LogP contribution in [0.3, 0.4) is 0 Å². The average Bonchev–Trinajstić information content (AvgIpc) is 1.90. The van der Waals surface area contributed by atoms with Gasteiger partial charge in [0.25, 0.3) is 0 Å². The van der Waals surface area contributed by atoms with Crippen molar-refractivity contribution in [3.63, 3.8) is 0 Å². The smallest absolute Gasteiger partial charge is 0.0162 e. The Bertz CT molecular complexity index is 95.1. The predicted octanol–water partition coefficient (Wildman–Crippen LogP) is 2.12. The quantitative estimate of drug-likeness (QED) is 0.595. The second kappa shape index (κ2) is 4.74. The third kappa shape index (κ3) is 2.80. The molecule has 0 saturated carbocycles. The summed E-state index contributed by atoms with van der Waals surface area (Å²) in [5, 5.41) is 1.84. The first kappa shape index (κ1) is 8.89. The fraction of sp³-hybridized carbons (Fsp3) is 0.714. The zero-order valence-electron chi connectivity index (χ0n) is 6.39. The zero-order chi connectivity index (χ0) is 7.28. The van der Waals surface area contributed by atoms with Gasteiger partial charge in [0.1, 0.15) is 0 Å². The van der Waals surface area contributed by atoms with Gasteiger partial charge in [-0.3, -0.25) is 0 Å². The van der Waals surface area contributed by atoms with Gasteiger partial charge in [0.2, 0.25) is 0 Å². The zero-order valence-corrected chi connectivity index (χ0v) is 7.28. The first-order valence-corrected chi connectivity index (χ1v) is 3.83. The Labute approximate surface area is 63.2 Å². The summed E-state index contributed by atoms with van der Waals surface area (Å²) in [6, 6.07) is 0. The molecule has 0 aromatic heterocycles. The lowest BCUT2D eigenvalue weighted by molar-refractivity contribution is 0.385. The molecule has 0 rings (SSSR count). The van der Waals surface area contributed by atoms with Crippen LogP contribution in [-0.4, -0.2) is 18.0 Å². The number of hydrogen-bond acceptors (Lipinski definition) is 2. The Balaban J connectivity index is 3.79. The molecule has 0 unspecified atom stereocenters. The monoisotopic (exact) mass is 145 g/mol. The van der Waals surface area contributed by atoms with Crippen LogP contribution in [0.1, 0.15) is 20.8 Å². The molecule has 0 fully saturated rings. The van der Waals surface area contributed by atoms with Crippen molar-refractivity contribution in [3.8, 4) is 0 Å². The third-order valence-electron chi connectivity index (χ3n) is 1.45. The highest BCUT2D eigenvalue weighted by Crippen LogP contribution is 2.02. The fourth-order valence-electron chi connectivity index (χ4n) is 0.804. The van der Waals surface area contributed by atoms with Gasteiger partial charge >= 0.3 is 0 Å². The number of hydrogen-bond donors (Lipinski definition) is 1. The van der Waals surface area contributed by atoms with Gasteiger partial charge in [0, 0.05) is 18.8 Å². The maximum atomic E-state index is 4.06. The largest absolute Gasteiger partial charge is 0.375 e. The number of nitrogens with zero attached hydrogens (tertiary/aromatic N) is 1. The molecule has 0 amide bonds. The summed E-state index contributed by atoms with van der Waals surface area (Å²) in [6.07, 6.45) is 0. The maximum absolute atomic E-state index is 4.06. The number of rotatable bonds is 3. The standard InChI is InChI=1S/C7H15NS/c1-4-8(5-2)7(3)6-9/h6,9H,4-5H2,1-3H3/b7-6-. The molecule has 0 saturated heterocycles. The molecule has 0 bridgehead atoms. The molecule has 0 N–H and O–H groups in total. The van der Waals surface area contributed by atoms with Gasteiger partial charge in [0.05, 0.1) is 0 Å². The second-order valence-electron chi connectivity index (χ2n) is 1.94. The van der Waals surface area contributed by atoms with Gasteiger partial charge < -0.3 is 4.90 Å². The van der Waals surface area contributed by atoms with E-state index in [1.165, 1.54) is 5.70 Å². The van der Waals surface area contributed by atoms with Crippen molar-refractivity contribution in [3.05, 3.63) is 11.1 Å². The number of thiol groups is 1. The van der Waals surface area contributed by atoms with Crippen LogP contribution in [0.4, 0.5) is 0 Å². The minimum atomic E-state index is 1.07. The van der Waals surface area contributed by atoms with E-state index in [-0.39, 0.29) is 0 Å². The van der Waals surface area contributed by atoms with Crippen molar-refractivity contribution in [2.75, 3.05) is 13.1 Å². The summed E-state index contributed by atoms with van der Waals surface area (Å²) in [6.45, 7) is 8.49. The lowest BCUT2D eigenvalue weighted by Gasteiger charge is -2.20. The summed E-state index contributed by atoms with van der Waals surface area (Å²) in [4.78, 5) is 2.26. The molecule has 0 aliphatic carbocycles.